The number of rotatable bonds is 3. The van der Waals surface area contributed by atoms with Crippen molar-refractivity contribution in [2.24, 2.45) is 0 Å². The number of fused-ring (bicyclic) bond motifs is 1. The summed E-state index contributed by atoms with van der Waals surface area (Å²) in [7, 11) is -3.09. The number of hydrogen-bond acceptors (Lipinski definition) is 5. The highest BCUT2D eigenvalue weighted by Gasteiger charge is 2.28. The van der Waals surface area contributed by atoms with Gasteiger partial charge >= 0.3 is 0 Å². The fraction of sp³-hybridized carbons (Fsp3) is 0.625. The molecule has 4 heterocycles. The number of anilines is 1. The summed E-state index contributed by atoms with van der Waals surface area (Å²) in [5, 5.41) is 4.67. The van der Waals surface area contributed by atoms with E-state index in [1.807, 2.05) is 10.6 Å². The number of aromatic nitrogens is 3. The van der Waals surface area contributed by atoms with Crippen molar-refractivity contribution in [2.45, 2.75) is 31.6 Å². The number of pyridine rings is 1. The molecule has 2 aromatic rings. The van der Waals surface area contributed by atoms with E-state index < -0.39 is 10.0 Å². The highest BCUT2D eigenvalue weighted by Crippen LogP contribution is 2.28. The van der Waals surface area contributed by atoms with E-state index in [9.17, 15) is 8.42 Å². The molecular formula is C16H23N5O2S. The van der Waals surface area contributed by atoms with Gasteiger partial charge in [-0.2, -0.15) is 5.10 Å². The van der Waals surface area contributed by atoms with Crippen LogP contribution in [0, 0.1) is 0 Å². The van der Waals surface area contributed by atoms with Crippen LogP contribution in [0.2, 0.25) is 0 Å². The van der Waals surface area contributed by atoms with Crippen molar-refractivity contribution in [3.05, 3.63) is 24.2 Å². The Hall–Kier alpha value is -1.67. The minimum Gasteiger partial charge on any atom is -0.370 e. The van der Waals surface area contributed by atoms with Gasteiger partial charge in [-0.1, -0.05) is 0 Å². The molecule has 7 nitrogen and oxygen atoms in total. The van der Waals surface area contributed by atoms with E-state index in [2.05, 4.69) is 27.2 Å². The van der Waals surface area contributed by atoms with Crippen LogP contribution >= 0.6 is 0 Å². The molecule has 0 spiro atoms. The van der Waals surface area contributed by atoms with Crippen molar-refractivity contribution >= 4 is 21.4 Å². The average molecular weight is 349 g/mol. The summed E-state index contributed by atoms with van der Waals surface area (Å²) in [4.78, 5) is 7.04. The predicted octanol–water partition coefficient (Wildman–Crippen LogP) is 1.47. The molecule has 0 amide bonds. The smallest absolute Gasteiger partial charge is 0.211 e. The van der Waals surface area contributed by atoms with Crippen LogP contribution in [0.15, 0.2) is 18.3 Å². The second kappa shape index (κ2) is 6.00. The van der Waals surface area contributed by atoms with Gasteiger partial charge in [0, 0.05) is 32.1 Å². The maximum Gasteiger partial charge on any atom is 0.211 e. The lowest BCUT2D eigenvalue weighted by atomic mass is 9.98. The van der Waals surface area contributed by atoms with Crippen molar-refractivity contribution < 1.29 is 8.42 Å². The monoisotopic (exact) mass is 349 g/mol. The first kappa shape index (κ1) is 15.8. The Morgan fingerprint density at radius 2 is 1.79 bits per heavy atom. The van der Waals surface area contributed by atoms with E-state index in [1.165, 1.54) is 24.8 Å². The summed E-state index contributed by atoms with van der Waals surface area (Å²) in [5.74, 6) is 1.07. The van der Waals surface area contributed by atoms with Crippen LogP contribution in [0.3, 0.4) is 0 Å². The molecule has 130 valence electrons. The fourth-order valence-electron chi connectivity index (χ4n) is 3.67. The van der Waals surface area contributed by atoms with E-state index in [-0.39, 0.29) is 5.92 Å². The number of sulfonamides is 1. The van der Waals surface area contributed by atoms with Gasteiger partial charge in [-0.15, -0.1) is 0 Å². The quantitative estimate of drug-likeness (QED) is 0.839. The predicted molar refractivity (Wildman–Crippen MR) is 92.8 cm³/mol. The highest BCUT2D eigenvalue weighted by molar-refractivity contribution is 7.88. The summed E-state index contributed by atoms with van der Waals surface area (Å²) in [6.45, 7) is 3.32. The molecule has 0 unspecified atom stereocenters. The van der Waals surface area contributed by atoms with Gasteiger partial charge in [-0.25, -0.2) is 22.2 Å². The first-order chi connectivity index (χ1) is 11.5. The summed E-state index contributed by atoms with van der Waals surface area (Å²) in [6, 6.07) is 4.14. The van der Waals surface area contributed by atoms with Crippen LogP contribution < -0.4 is 4.90 Å². The molecule has 0 atom stereocenters. The first-order valence-corrected chi connectivity index (χ1v) is 10.4. The van der Waals surface area contributed by atoms with Crippen LogP contribution in [-0.4, -0.2) is 59.8 Å². The van der Waals surface area contributed by atoms with Crippen LogP contribution in [0.5, 0.6) is 0 Å². The van der Waals surface area contributed by atoms with Gasteiger partial charge in [0.1, 0.15) is 0 Å². The normalized spacial score (nSPS) is 21.0. The largest absolute Gasteiger partial charge is 0.370 e. The zero-order chi connectivity index (χ0) is 16.7. The molecule has 0 aromatic carbocycles. The molecule has 0 bridgehead atoms. The minimum absolute atomic E-state index is 0.234. The Morgan fingerprint density at radius 1 is 1.08 bits per heavy atom. The van der Waals surface area contributed by atoms with Crippen molar-refractivity contribution in [3.63, 3.8) is 0 Å². The van der Waals surface area contributed by atoms with Crippen molar-refractivity contribution in [3.8, 4) is 0 Å². The fourth-order valence-corrected chi connectivity index (χ4v) is 4.54. The lowest BCUT2D eigenvalue weighted by Gasteiger charge is -2.28. The molecule has 24 heavy (non-hydrogen) atoms. The molecule has 2 aliphatic rings. The summed E-state index contributed by atoms with van der Waals surface area (Å²) < 4.78 is 26.7. The molecule has 2 saturated heterocycles. The van der Waals surface area contributed by atoms with Crippen LogP contribution in [0.4, 0.5) is 5.69 Å². The second-order valence-electron chi connectivity index (χ2n) is 6.79. The van der Waals surface area contributed by atoms with Crippen molar-refractivity contribution in [2.75, 3.05) is 37.3 Å². The highest BCUT2D eigenvalue weighted by atomic mass is 32.2. The second-order valence-corrected chi connectivity index (χ2v) is 8.77. The van der Waals surface area contributed by atoms with Gasteiger partial charge in [0.05, 0.1) is 18.1 Å². The Balaban J connectivity index is 1.53. The van der Waals surface area contributed by atoms with E-state index in [1.54, 1.807) is 4.31 Å². The molecule has 2 aliphatic heterocycles. The van der Waals surface area contributed by atoms with E-state index in [0.717, 1.165) is 37.4 Å². The Morgan fingerprint density at radius 3 is 2.46 bits per heavy atom. The molecule has 0 radical (unpaired) electrons. The molecule has 4 rings (SSSR count). The van der Waals surface area contributed by atoms with Crippen LogP contribution in [0.25, 0.3) is 5.65 Å². The van der Waals surface area contributed by atoms with Crippen LogP contribution in [0.1, 0.15) is 37.4 Å². The number of piperidine rings is 1. The summed E-state index contributed by atoms with van der Waals surface area (Å²) in [6.07, 6.45) is 7.39. The number of nitrogens with zero attached hydrogens (tertiary/aromatic N) is 5. The Bertz CT molecular complexity index is 833. The van der Waals surface area contributed by atoms with Gasteiger partial charge in [-0.05, 0) is 37.8 Å². The standard InChI is InChI=1S/C16H23N5O2S/c1-24(22,23)20-10-6-13(7-11-20)16-17-15-5-4-14(12-21(15)18-16)19-8-2-3-9-19/h4-5,12-13H,2-3,6-11H2,1H3. The maximum atomic E-state index is 11.6. The van der Waals surface area contributed by atoms with E-state index in [4.69, 9.17) is 0 Å². The minimum atomic E-state index is -3.09. The molecule has 0 aliphatic carbocycles. The average Bonchev–Trinajstić information content (AvgIpc) is 3.23. The number of hydrogen-bond donors (Lipinski definition) is 0. The molecule has 8 heteroatoms. The van der Waals surface area contributed by atoms with Crippen molar-refractivity contribution in [1.29, 1.82) is 0 Å². The zero-order valence-electron chi connectivity index (χ0n) is 13.9. The SMILES string of the molecule is CS(=O)(=O)N1CCC(c2nc3ccc(N4CCCC4)cn3n2)CC1. The Kier molecular flexibility index (Phi) is 3.96. The maximum absolute atomic E-state index is 11.6. The van der Waals surface area contributed by atoms with Crippen LogP contribution in [-0.2, 0) is 10.0 Å². The third-order valence-electron chi connectivity index (χ3n) is 5.09. The van der Waals surface area contributed by atoms with Gasteiger partial charge < -0.3 is 4.90 Å². The molecule has 2 aromatic heterocycles. The van der Waals surface area contributed by atoms with Gasteiger partial charge in [0.25, 0.3) is 0 Å². The summed E-state index contributed by atoms with van der Waals surface area (Å²) >= 11 is 0. The topological polar surface area (TPSA) is 70.8 Å². The molecule has 2 fully saturated rings. The third-order valence-corrected chi connectivity index (χ3v) is 6.39. The summed E-state index contributed by atoms with van der Waals surface area (Å²) in [5.41, 5.74) is 2.06. The molecule has 0 saturated carbocycles. The van der Waals surface area contributed by atoms with Gasteiger partial charge in [-0.3, -0.25) is 0 Å². The Labute approximate surface area is 142 Å². The van der Waals surface area contributed by atoms with Crippen molar-refractivity contribution in [1.82, 2.24) is 18.9 Å². The third kappa shape index (κ3) is 3.00. The zero-order valence-corrected chi connectivity index (χ0v) is 14.7. The molecule has 0 N–H and O–H groups in total. The first-order valence-electron chi connectivity index (χ1n) is 8.57. The lowest BCUT2D eigenvalue weighted by Crippen LogP contribution is -2.37. The molecular weight excluding hydrogens is 326 g/mol. The lowest BCUT2D eigenvalue weighted by molar-refractivity contribution is 0.315. The van der Waals surface area contributed by atoms with Gasteiger partial charge in [0.2, 0.25) is 10.0 Å². The van der Waals surface area contributed by atoms with E-state index >= 15 is 0 Å². The van der Waals surface area contributed by atoms with E-state index in [0.29, 0.717) is 13.1 Å². The van der Waals surface area contributed by atoms with Gasteiger partial charge in [0.15, 0.2) is 11.5 Å².